The van der Waals surface area contributed by atoms with Crippen LogP contribution >= 0.6 is 11.8 Å². The first-order valence-electron chi connectivity index (χ1n) is 8.91. The number of amides is 1. The summed E-state index contributed by atoms with van der Waals surface area (Å²) in [5.74, 6) is 0.329. The van der Waals surface area contributed by atoms with Crippen molar-refractivity contribution in [1.29, 1.82) is 0 Å². The van der Waals surface area contributed by atoms with Crippen molar-refractivity contribution in [2.45, 2.75) is 17.5 Å². The number of piperazine rings is 1. The van der Waals surface area contributed by atoms with Crippen LogP contribution in [0.4, 0.5) is 23.2 Å². The van der Waals surface area contributed by atoms with Crippen molar-refractivity contribution >= 4 is 23.4 Å². The van der Waals surface area contributed by atoms with E-state index >= 15 is 0 Å². The van der Waals surface area contributed by atoms with E-state index in [2.05, 4.69) is 0 Å². The lowest BCUT2D eigenvalue weighted by Crippen LogP contribution is -2.48. The van der Waals surface area contributed by atoms with Crippen LogP contribution in [0.15, 0.2) is 53.4 Å². The van der Waals surface area contributed by atoms with E-state index in [1.165, 1.54) is 30.0 Å². The second-order valence-electron chi connectivity index (χ2n) is 6.47. The molecule has 1 amide bonds. The van der Waals surface area contributed by atoms with E-state index in [4.69, 9.17) is 0 Å². The number of alkyl halides is 3. The molecular weight excluding hydrogens is 392 g/mol. The number of carbonyl (C=O) groups is 1. The van der Waals surface area contributed by atoms with Gasteiger partial charge in [-0.05, 0) is 42.5 Å². The van der Waals surface area contributed by atoms with Crippen LogP contribution in [-0.4, -0.2) is 42.7 Å². The summed E-state index contributed by atoms with van der Waals surface area (Å²) in [7, 11) is 0. The van der Waals surface area contributed by atoms with Crippen molar-refractivity contribution < 1.29 is 22.4 Å². The molecule has 150 valence electrons. The number of halogens is 4. The molecule has 0 radical (unpaired) electrons. The zero-order chi connectivity index (χ0) is 20.1. The Balaban J connectivity index is 1.47. The number of rotatable bonds is 5. The maximum absolute atomic E-state index is 12.9. The van der Waals surface area contributed by atoms with Crippen molar-refractivity contribution in [3.05, 3.63) is 59.9 Å². The Morgan fingerprint density at radius 1 is 1.00 bits per heavy atom. The third kappa shape index (κ3) is 5.41. The van der Waals surface area contributed by atoms with Crippen LogP contribution in [0.25, 0.3) is 0 Å². The molecule has 3 rings (SSSR count). The normalized spacial score (nSPS) is 15.0. The Labute approximate surface area is 165 Å². The second kappa shape index (κ2) is 8.86. The molecule has 2 aromatic rings. The van der Waals surface area contributed by atoms with Gasteiger partial charge in [-0.2, -0.15) is 13.2 Å². The van der Waals surface area contributed by atoms with Crippen LogP contribution in [0.5, 0.6) is 0 Å². The molecule has 0 bridgehead atoms. The van der Waals surface area contributed by atoms with Gasteiger partial charge in [0.15, 0.2) is 0 Å². The molecule has 2 aromatic carbocycles. The molecule has 0 atom stereocenters. The van der Waals surface area contributed by atoms with Crippen molar-refractivity contribution in [2.75, 3.05) is 36.8 Å². The molecule has 1 heterocycles. The summed E-state index contributed by atoms with van der Waals surface area (Å²) in [6.07, 6.45) is -4.00. The van der Waals surface area contributed by atoms with E-state index in [-0.39, 0.29) is 11.7 Å². The van der Waals surface area contributed by atoms with Gasteiger partial charge in [0, 0.05) is 48.9 Å². The van der Waals surface area contributed by atoms with Crippen molar-refractivity contribution in [3.63, 3.8) is 0 Å². The molecule has 28 heavy (non-hydrogen) atoms. The SMILES string of the molecule is O=C(CCSc1ccc(F)cc1)N1CCN(c2cccc(C(F)(F)F)c2)CC1. The van der Waals surface area contributed by atoms with Crippen LogP contribution in [0.1, 0.15) is 12.0 Å². The van der Waals surface area contributed by atoms with Gasteiger partial charge in [-0.25, -0.2) is 4.39 Å². The Morgan fingerprint density at radius 3 is 2.32 bits per heavy atom. The first kappa shape index (κ1) is 20.5. The molecule has 0 aromatic heterocycles. The maximum Gasteiger partial charge on any atom is 0.416 e. The number of hydrogen-bond acceptors (Lipinski definition) is 3. The monoisotopic (exact) mass is 412 g/mol. The first-order chi connectivity index (χ1) is 13.3. The van der Waals surface area contributed by atoms with E-state index < -0.39 is 11.7 Å². The Bertz CT molecular complexity index is 803. The summed E-state index contributed by atoms with van der Waals surface area (Å²) in [5.41, 5.74) is -0.143. The van der Waals surface area contributed by atoms with Crippen LogP contribution in [-0.2, 0) is 11.0 Å². The highest BCUT2D eigenvalue weighted by atomic mass is 32.2. The molecule has 0 N–H and O–H groups in total. The molecular formula is C20H20F4N2OS. The van der Waals surface area contributed by atoms with Gasteiger partial charge in [0.25, 0.3) is 0 Å². The van der Waals surface area contributed by atoms with E-state index in [0.29, 0.717) is 44.0 Å². The molecule has 1 aliphatic rings. The number of benzene rings is 2. The summed E-state index contributed by atoms with van der Waals surface area (Å²) >= 11 is 1.49. The minimum Gasteiger partial charge on any atom is -0.368 e. The van der Waals surface area contributed by atoms with Gasteiger partial charge in [-0.15, -0.1) is 11.8 Å². The third-order valence-electron chi connectivity index (χ3n) is 4.57. The van der Waals surface area contributed by atoms with E-state index in [1.54, 1.807) is 23.1 Å². The topological polar surface area (TPSA) is 23.6 Å². The smallest absolute Gasteiger partial charge is 0.368 e. The Morgan fingerprint density at radius 2 is 1.68 bits per heavy atom. The summed E-state index contributed by atoms with van der Waals surface area (Å²) in [6.45, 7) is 1.96. The summed E-state index contributed by atoms with van der Waals surface area (Å²) in [4.78, 5) is 16.9. The molecule has 8 heteroatoms. The van der Waals surface area contributed by atoms with Gasteiger partial charge in [-0.1, -0.05) is 6.07 Å². The highest BCUT2D eigenvalue weighted by Crippen LogP contribution is 2.32. The number of thioether (sulfide) groups is 1. The van der Waals surface area contributed by atoms with E-state index in [1.807, 2.05) is 4.90 Å². The lowest BCUT2D eigenvalue weighted by Gasteiger charge is -2.36. The van der Waals surface area contributed by atoms with Gasteiger partial charge < -0.3 is 9.80 Å². The zero-order valence-electron chi connectivity index (χ0n) is 15.1. The summed E-state index contributed by atoms with van der Waals surface area (Å²) in [5, 5.41) is 0. The van der Waals surface area contributed by atoms with Crippen LogP contribution in [0, 0.1) is 5.82 Å². The third-order valence-corrected chi connectivity index (χ3v) is 5.58. The number of nitrogens with zero attached hydrogens (tertiary/aromatic N) is 2. The van der Waals surface area contributed by atoms with Gasteiger partial charge in [0.2, 0.25) is 5.91 Å². The fourth-order valence-corrected chi connectivity index (χ4v) is 3.88. The molecule has 3 nitrogen and oxygen atoms in total. The fraction of sp³-hybridized carbons (Fsp3) is 0.350. The van der Waals surface area contributed by atoms with Crippen LogP contribution in [0.3, 0.4) is 0 Å². The second-order valence-corrected chi connectivity index (χ2v) is 7.64. The number of hydrogen-bond donors (Lipinski definition) is 0. The lowest BCUT2D eigenvalue weighted by atomic mass is 10.1. The minimum absolute atomic E-state index is 0.0262. The molecule has 1 aliphatic heterocycles. The summed E-state index contributed by atoms with van der Waals surface area (Å²) < 4.78 is 51.5. The maximum atomic E-state index is 12.9. The van der Waals surface area contributed by atoms with Crippen molar-refractivity contribution in [3.8, 4) is 0 Å². The number of anilines is 1. The van der Waals surface area contributed by atoms with Gasteiger partial charge in [-0.3, -0.25) is 4.79 Å². The molecule has 0 saturated carbocycles. The first-order valence-corrected chi connectivity index (χ1v) is 9.90. The fourth-order valence-electron chi connectivity index (χ4n) is 3.04. The predicted octanol–water partition coefficient (Wildman–Crippen LogP) is 4.68. The highest BCUT2D eigenvalue weighted by Gasteiger charge is 2.31. The average Bonchev–Trinajstić information content (AvgIpc) is 2.69. The molecule has 0 aliphatic carbocycles. The standard InChI is InChI=1S/C20H20F4N2OS/c21-16-4-6-18(7-5-16)28-13-8-19(27)26-11-9-25(10-12-26)17-3-1-2-15(14-17)20(22,23)24/h1-7,14H,8-13H2. The molecule has 0 unspecified atom stereocenters. The Hall–Kier alpha value is -2.22. The number of carbonyl (C=O) groups excluding carboxylic acids is 1. The van der Waals surface area contributed by atoms with Crippen LogP contribution < -0.4 is 4.90 Å². The van der Waals surface area contributed by atoms with Crippen molar-refractivity contribution in [2.24, 2.45) is 0 Å². The summed E-state index contributed by atoms with van der Waals surface area (Å²) in [6, 6.07) is 11.4. The predicted molar refractivity (Wildman–Crippen MR) is 102 cm³/mol. The highest BCUT2D eigenvalue weighted by molar-refractivity contribution is 7.99. The minimum atomic E-state index is -4.37. The lowest BCUT2D eigenvalue weighted by molar-refractivity contribution is -0.137. The Kier molecular flexibility index (Phi) is 6.49. The molecule has 1 saturated heterocycles. The molecule has 0 spiro atoms. The average molecular weight is 412 g/mol. The van der Waals surface area contributed by atoms with Gasteiger partial charge in [0.1, 0.15) is 5.82 Å². The van der Waals surface area contributed by atoms with Crippen LogP contribution in [0.2, 0.25) is 0 Å². The van der Waals surface area contributed by atoms with E-state index in [0.717, 1.165) is 17.0 Å². The van der Waals surface area contributed by atoms with Crippen molar-refractivity contribution in [1.82, 2.24) is 4.90 Å². The zero-order valence-corrected chi connectivity index (χ0v) is 15.9. The quantitative estimate of drug-likeness (QED) is 0.527. The van der Waals surface area contributed by atoms with E-state index in [9.17, 15) is 22.4 Å². The van der Waals surface area contributed by atoms with Gasteiger partial charge in [0.05, 0.1) is 5.56 Å². The largest absolute Gasteiger partial charge is 0.416 e. The van der Waals surface area contributed by atoms with Gasteiger partial charge >= 0.3 is 6.18 Å². The molecule has 1 fully saturated rings.